The Morgan fingerprint density at radius 2 is 2.10 bits per heavy atom. The molecule has 1 amide bonds. The monoisotopic (exact) mass is 343 g/mol. The van der Waals surface area contributed by atoms with Crippen LogP contribution in [0.2, 0.25) is 5.02 Å². The molecule has 1 saturated heterocycles. The van der Waals surface area contributed by atoms with Crippen molar-refractivity contribution in [3.8, 4) is 0 Å². The second kappa shape index (κ2) is 5.26. The Balaban J connectivity index is 1.92. The minimum absolute atomic E-state index is 0.0394. The van der Waals surface area contributed by atoms with E-state index >= 15 is 0 Å². The average molecular weight is 344 g/mol. The maximum Gasteiger partial charge on any atom is 0.265 e. The van der Waals surface area contributed by atoms with Crippen molar-refractivity contribution in [2.75, 3.05) is 18.6 Å². The van der Waals surface area contributed by atoms with Gasteiger partial charge in [-0.15, -0.1) is 11.3 Å². The molecule has 3 rings (SSSR count). The molecule has 0 radical (unpaired) electrons. The summed E-state index contributed by atoms with van der Waals surface area (Å²) in [6, 6.07) is 7.32. The van der Waals surface area contributed by atoms with Crippen LogP contribution >= 0.6 is 22.9 Å². The molecule has 0 N–H and O–H groups in total. The van der Waals surface area contributed by atoms with Crippen LogP contribution in [0.4, 0.5) is 0 Å². The minimum Gasteiger partial charge on any atom is -0.337 e. The predicted molar refractivity (Wildman–Crippen MR) is 86.0 cm³/mol. The number of nitrogens with zero attached hydrogens (tertiary/aromatic N) is 1. The first kappa shape index (κ1) is 14.8. The number of carbonyl (C=O) groups is 1. The predicted octanol–water partition coefficient (Wildman–Crippen LogP) is 2.81. The molecule has 1 aromatic heterocycles. The Hall–Kier alpha value is -1.11. The van der Waals surface area contributed by atoms with Gasteiger partial charge in [0.2, 0.25) is 0 Å². The summed E-state index contributed by atoms with van der Waals surface area (Å²) in [5.74, 6) is -0.0176. The van der Waals surface area contributed by atoms with Gasteiger partial charge in [-0.2, -0.15) is 0 Å². The van der Waals surface area contributed by atoms with Crippen LogP contribution in [0.1, 0.15) is 16.1 Å². The van der Waals surface area contributed by atoms with Crippen LogP contribution in [0.25, 0.3) is 10.1 Å². The van der Waals surface area contributed by atoms with Crippen LogP contribution in [0.15, 0.2) is 24.3 Å². The van der Waals surface area contributed by atoms with E-state index in [0.29, 0.717) is 16.3 Å². The Bertz CT molecular complexity index is 813. The molecule has 1 aliphatic rings. The molecule has 0 bridgehead atoms. The summed E-state index contributed by atoms with van der Waals surface area (Å²) in [7, 11) is -1.37. The molecule has 2 heterocycles. The highest BCUT2D eigenvalue weighted by Crippen LogP contribution is 2.36. The van der Waals surface area contributed by atoms with E-state index in [1.165, 1.54) is 16.2 Å². The fourth-order valence-corrected chi connectivity index (χ4v) is 5.83. The Morgan fingerprint density at radius 1 is 1.38 bits per heavy atom. The molecule has 1 fully saturated rings. The zero-order valence-electron chi connectivity index (χ0n) is 11.4. The van der Waals surface area contributed by atoms with Crippen LogP contribution in [-0.4, -0.2) is 43.8 Å². The maximum atomic E-state index is 12.6. The van der Waals surface area contributed by atoms with E-state index in [4.69, 9.17) is 11.6 Å². The van der Waals surface area contributed by atoms with Crippen molar-refractivity contribution in [1.29, 1.82) is 0 Å². The van der Waals surface area contributed by atoms with E-state index in [1.807, 2.05) is 24.3 Å². The average Bonchev–Trinajstić information content (AvgIpc) is 2.98. The molecule has 0 spiro atoms. The molecule has 0 aliphatic carbocycles. The molecular formula is C14H14ClNO3S2. The third kappa shape index (κ3) is 2.67. The topological polar surface area (TPSA) is 54.5 Å². The van der Waals surface area contributed by atoms with E-state index in [-0.39, 0.29) is 23.5 Å². The van der Waals surface area contributed by atoms with Crippen LogP contribution in [0.3, 0.4) is 0 Å². The molecular weight excluding hydrogens is 330 g/mol. The van der Waals surface area contributed by atoms with Gasteiger partial charge in [0.25, 0.3) is 5.91 Å². The minimum atomic E-state index is -3.01. The van der Waals surface area contributed by atoms with Gasteiger partial charge in [0, 0.05) is 23.2 Å². The van der Waals surface area contributed by atoms with Gasteiger partial charge in [-0.3, -0.25) is 4.79 Å². The van der Waals surface area contributed by atoms with Gasteiger partial charge >= 0.3 is 0 Å². The van der Waals surface area contributed by atoms with Crippen molar-refractivity contribution < 1.29 is 13.2 Å². The molecule has 1 aromatic carbocycles. The number of rotatable bonds is 2. The first-order valence-corrected chi connectivity index (χ1v) is 9.55. The van der Waals surface area contributed by atoms with Crippen LogP contribution in [0, 0.1) is 0 Å². The Morgan fingerprint density at radius 3 is 2.71 bits per heavy atom. The second-order valence-corrected chi connectivity index (χ2v) is 8.87. The van der Waals surface area contributed by atoms with Gasteiger partial charge in [0.15, 0.2) is 9.84 Å². The summed E-state index contributed by atoms with van der Waals surface area (Å²) in [6.45, 7) is 0. The van der Waals surface area contributed by atoms with E-state index < -0.39 is 9.84 Å². The highest BCUT2D eigenvalue weighted by Gasteiger charge is 2.34. The summed E-state index contributed by atoms with van der Waals surface area (Å²) in [4.78, 5) is 14.6. The summed E-state index contributed by atoms with van der Waals surface area (Å²) < 4.78 is 24.1. The molecule has 0 unspecified atom stereocenters. The number of sulfone groups is 1. The van der Waals surface area contributed by atoms with Gasteiger partial charge in [0.1, 0.15) is 4.88 Å². The molecule has 2 aromatic rings. The van der Waals surface area contributed by atoms with Crippen LogP contribution in [0.5, 0.6) is 0 Å². The molecule has 1 atom stereocenters. The number of amides is 1. The number of hydrogen-bond donors (Lipinski definition) is 0. The number of carbonyl (C=O) groups excluding carboxylic acids is 1. The smallest absolute Gasteiger partial charge is 0.265 e. The second-order valence-electron chi connectivity index (χ2n) is 5.21. The number of benzene rings is 1. The lowest BCUT2D eigenvalue weighted by Gasteiger charge is -2.22. The fraction of sp³-hybridized carbons (Fsp3) is 0.357. The van der Waals surface area contributed by atoms with Crippen molar-refractivity contribution in [3.63, 3.8) is 0 Å². The first-order chi connectivity index (χ1) is 9.89. The number of thiophene rings is 1. The zero-order chi connectivity index (χ0) is 15.2. The lowest BCUT2D eigenvalue weighted by molar-refractivity contribution is 0.0753. The normalized spacial score (nSPS) is 20.8. The van der Waals surface area contributed by atoms with E-state index in [2.05, 4.69) is 0 Å². The Kier molecular flexibility index (Phi) is 3.71. The summed E-state index contributed by atoms with van der Waals surface area (Å²) in [5, 5.41) is 1.31. The molecule has 1 aliphatic heterocycles. The molecule has 112 valence electrons. The van der Waals surface area contributed by atoms with E-state index in [9.17, 15) is 13.2 Å². The Labute approximate surface area is 132 Å². The lowest BCUT2D eigenvalue weighted by Crippen LogP contribution is -2.37. The SMILES string of the molecule is CN(C(=O)c1sc2ccccc2c1Cl)[C@H]1CCS(=O)(=O)C1. The van der Waals surface area contributed by atoms with Gasteiger partial charge in [-0.25, -0.2) is 8.42 Å². The van der Waals surface area contributed by atoms with E-state index in [0.717, 1.165) is 10.1 Å². The highest BCUT2D eigenvalue weighted by molar-refractivity contribution is 7.91. The highest BCUT2D eigenvalue weighted by atomic mass is 35.5. The van der Waals surface area contributed by atoms with E-state index in [1.54, 1.807) is 7.05 Å². The number of fused-ring (bicyclic) bond motifs is 1. The summed E-state index contributed by atoms with van der Waals surface area (Å²) in [6.07, 6.45) is 0.493. The van der Waals surface area contributed by atoms with Crippen molar-refractivity contribution in [2.24, 2.45) is 0 Å². The van der Waals surface area contributed by atoms with Crippen molar-refractivity contribution in [2.45, 2.75) is 12.5 Å². The molecule has 0 saturated carbocycles. The van der Waals surface area contributed by atoms with Crippen molar-refractivity contribution in [3.05, 3.63) is 34.2 Å². The largest absolute Gasteiger partial charge is 0.337 e. The third-order valence-electron chi connectivity index (χ3n) is 3.81. The zero-order valence-corrected chi connectivity index (χ0v) is 13.8. The lowest BCUT2D eigenvalue weighted by atomic mass is 10.2. The molecule has 21 heavy (non-hydrogen) atoms. The van der Waals surface area contributed by atoms with Crippen molar-refractivity contribution >= 4 is 48.8 Å². The molecule has 4 nitrogen and oxygen atoms in total. The summed E-state index contributed by atoms with van der Waals surface area (Å²) >= 11 is 7.65. The third-order valence-corrected chi connectivity index (χ3v) is 7.22. The van der Waals surface area contributed by atoms with Gasteiger partial charge in [-0.05, 0) is 12.5 Å². The fourth-order valence-electron chi connectivity index (χ4n) is 2.56. The van der Waals surface area contributed by atoms with Gasteiger partial charge in [0.05, 0.1) is 16.5 Å². The number of hydrogen-bond acceptors (Lipinski definition) is 4. The van der Waals surface area contributed by atoms with Gasteiger partial charge < -0.3 is 4.90 Å². The van der Waals surface area contributed by atoms with Crippen molar-refractivity contribution in [1.82, 2.24) is 4.90 Å². The quantitative estimate of drug-likeness (QED) is 0.842. The maximum absolute atomic E-state index is 12.6. The first-order valence-electron chi connectivity index (χ1n) is 6.53. The standard InChI is InChI=1S/C14H14ClNO3S2/c1-16(9-6-7-21(18,19)8-9)14(17)13-12(15)10-4-2-3-5-11(10)20-13/h2-5,9H,6-8H2,1H3/t9-/m0/s1. The summed E-state index contributed by atoms with van der Waals surface area (Å²) in [5.41, 5.74) is 0. The van der Waals surface area contributed by atoms with Gasteiger partial charge in [-0.1, -0.05) is 29.8 Å². The van der Waals surface area contributed by atoms with Crippen LogP contribution in [-0.2, 0) is 9.84 Å². The molecule has 7 heteroatoms. The number of halogens is 1. The van der Waals surface area contributed by atoms with Crippen LogP contribution < -0.4 is 0 Å².